The molecule has 0 fully saturated rings. The Bertz CT molecular complexity index is 1060. The van der Waals surface area contributed by atoms with Gasteiger partial charge in [-0.15, -0.1) is 10.2 Å². The molecular formula is C19H19N3O4S2. The molecule has 0 spiro atoms. The van der Waals surface area contributed by atoms with Gasteiger partial charge in [-0.25, -0.2) is 8.42 Å². The van der Waals surface area contributed by atoms with Crippen molar-refractivity contribution >= 4 is 27.6 Å². The lowest BCUT2D eigenvalue weighted by atomic mass is 10.2. The SMILES string of the molecule is COC(=O)CSc1nnc(CS(=O)(=O)c2ccc(C)cc2)n1-c1ccccc1. The van der Waals surface area contributed by atoms with Crippen molar-refractivity contribution in [1.82, 2.24) is 14.8 Å². The van der Waals surface area contributed by atoms with Crippen LogP contribution in [0.3, 0.4) is 0 Å². The molecule has 9 heteroatoms. The molecule has 0 radical (unpaired) electrons. The lowest BCUT2D eigenvalue weighted by Gasteiger charge is -2.10. The number of carbonyl (C=O) groups excluding carboxylic acids is 1. The van der Waals surface area contributed by atoms with E-state index in [1.54, 1.807) is 28.8 Å². The summed E-state index contributed by atoms with van der Waals surface area (Å²) >= 11 is 1.14. The van der Waals surface area contributed by atoms with Crippen LogP contribution >= 0.6 is 11.8 Å². The summed E-state index contributed by atoms with van der Waals surface area (Å²) in [6.07, 6.45) is 0. The Morgan fingerprint density at radius 2 is 1.75 bits per heavy atom. The number of nitrogens with zero attached hydrogens (tertiary/aromatic N) is 3. The summed E-state index contributed by atoms with van der Waals surface area (Å²) in [5.74, 6) is -0.385. The molecule has 3 rings (SSSR count). The van der Waals surface area contributed by atoms with Gasteiger partial charge in [-0.1, -0.05) is 47.7 Å². The Morgan fingerprint density at radius 3 is 2.39 bits per heavy atom. The fourth-order valence-corrected chi connectivity index (χ4v) is 4.55. The molecule has 0 bridgehead atoms. The van der Waals surface area contributed by atoms with Crippen molar-refractivity contribution in [3.63, 3.8) is 0 Å². The maximum Gasteiger partial charge on any atom is 0.316 e. The number of aromatic nitrogens is 3. The Balaban J connectivity index is 1.97. The number of para-hydroxylation sites is 1. The summed E-state index contributed by atoms with van der Waals surface area (Å²) < 4.78 is 32.0. The van der Waals surface area contributed by atoms with E-state index in [4.69, 9.17) is 0 Å². The highest BCUT2D eigenvalue weighted by Crippen LogP contribution is 2.25. The van der Waals surface area contributed by atoms with E-state index in [-0.39, 0.29) is 22.2 Å². The van der Waals surface area contributed by atoms with E-state index >= 15 is 0 Å². The van der Waals surface area contributed by atoms with Crippen LogP contribution in [0.5, 0.6) is 0 Å². The quantitative estimate of drug-likeness (QED) is 0.431. The topological polar surface area (TPSA) is 91.2 Å². The van der Waals surface area contributed by atoms with E-state index in [0.29, 0.717) is 10.8 Å². The number of esters is 1. The van der Waals surface area contributed by atoms with E-state index in [1.807, 2.05) is 37.3 Å². The monoisotopic (exact) mass is 417 g/mol. The molecule has 1 heterocycles. The second-order valence-corrected chi connectivity index (χ2v) is 8.94. The highest BCUT2D eigenvalue weighted by atomic mass is 32.2. The largest absolute Gasteiger partial charge is 0.468 e. The Kier molecular flexibility index (Phi) is 6.15. The molecule has 7 nitrogen and oxygen atoms in total. The van der Waals surface area contributed by atoms with Gasteiger partial charge in [0.25, 0.3) is 0 Å². The fourth-order valence-electron chi connectivity index (χ4n) is 2.50. The molecule has 3 aromatic rings. The van der Waals surface area contributed by atoms with Gasteiger partial charge in [0.2, 0.25) is 0 Å². The van der Waals surface area contributed by atoms with Crippen molar-refractivity contribution in [2.24, 2.45) is 0 Å². The minimum Gasteiger partial charge on any atom is -0.468 e. The van der Waals surface area contributed by atoms with E-state index in [9.17, 15) is 13.2 Å². The third kappa shape index (κ3) is 4.60. The van der Waals surface area contributed by atoms with Gasteiger partial charge in [-0.3, -0.25) is 9.36 Å². The van der Waals surface area contributed by atoms with E-state index in [0.717, 1.165) is 17.3 Å². The predicted molar refractivity (Wildman–Crippen MR) is 106 cm³/mol. The maximum absolute atomic E-state index is 12.9. The molecule has 0 aliphatic rings. The van der Waals surface area contributed by atoms with Crippen LogP contribution in [0.1, 0.15) is 11.4 Å². The van der Waals surface area contributed by atoms with Gasteiger partial charge in [0.05, 0.1) is 17.8 Å². The van der Waals surface area contributed by atoms with Crippen molar-refractivity contribution in [2.45, 2.75) is 22.7 Å². The number of ether oxygens (including phenoxy) is 1. The first-order valence-electron chi connectivity index (χ1n) is 8.39. The molecule has 146 valence electrons. The van der Waals surface area contributed by atoms with Gasteiger partial charge in [0.1, 0.15) is 5.75 Å². The number of sulfone groups is 1. The summed E-state index contributed by atoms with van der Waals surface area (Å²) in [7, 11) is -2.30. The molecule has 0 atom stereocenters. The number of carbonyl (C=O) groups is 1. The zero-order chi connectivity index (χ0) is 20.1. The number of methoxy groups -OCH3 is 1. The number of rotatable bonds is 7. The van der Waals surface area contributed by atoms with E-state index in [2.05, 4.69) is 14.9 Å². The Labute approximate surface area is 167 Å². The van der Waals surface area contributed by atoms with Crippen LogP contribution in [0.15, 0.2) is 64.6 Å². The van der Waals surface area contributed by atoms with Crippen LogP contribution in [0.4, 0.5) is 0 Å². The zero-order valence-corrected chi connectivity index (χ0v) is 17.0. The third-order valence-electron chi connectivity index (χ3n) is 3.96. The van der Waals surface area contributed by atoms with Crippen molar-refractivity contribution in [1.29, 1.82) is 0 Å². The minimum atomic E-state index is -3.61. The van der Waals surface area contributed by atoms with Gasteiger partial charge < -0.3 is 4.74 Å². The first-order valence-corrected chi connectivity index (χ1v) is 11.0. The van der Waals surface area contributed by atoms with Crippen molar-refractivity contribution in [3.05, 3.63) is 66.0 Å². The Morgan fingerprint density at radius 1 is 1.07 bits per heavy atom. The van der Waals surface area contributed by atoms with Crippen molar-refractivity contribution in [3.8, 4) is 5.69 Å². The highest BCUT2D eigenvalue weighted by molar-refractivity contribution is 7.99. The molecule has 0 unspecified atom stereocenters. The molecule has 0 aliphatic heterocycles. The number of hydrogen-bond donors (Lipinski definition) is 0. The van der Waals surface area contributed by atoms with Crippen LogP contribution in [-0.4, -0.2) is 42.0 Å². The molecule has 0 saturated heterocycles. The number of aryl methyl sites for hydroxylation is 1. The molecule has 1 aromatic heterocycles. The van der Waals surface area contributed by atoms with Crippen LogP contribution in [0.2, 0.25) is 0 Å². The van der Waals surface area contributed by atoms with Gasteiger partial charge in [-0.05, 0) is 31.2 Å². The maximum atomic E-state index is 12.9. The molecule has 0 N–H and O–H groups in total. The van der Waals surface area contributed by atoms with Crippen molar-refractivity contribution < 1.29 is 17.9 Å². The second-order valence-electron chi connectivity index (χ2n) is 6.01. The summed E-state index contributed by atoms with van der Waals surface area (Å²) in [4.78, 5) is 11.7. The van der Waals surface area contributed by atoms with Gasteiger partial charge in [0.15, 0.2) is 20.8 Å². The zero-order valence-electron chi connectivity index (χ0n) is 15.4. The summed E-state index contributed by atoms with van der Waals surface area (Å²) in [5, 5.41) is 8.60. The van der Waals surface area contributed by atoms with Gasteiger partial charge in [-0.2, -0.15) is 0 Å². The van der Waals surface area contributed by atoms with E-state index in [1.165, 1.54) is 7.11 Å². The van der Waals surface area contributed by atoms with Gasteiger partial charge >= 0.3 is 5.97 Å². The summed E-state index contributed by atoms with van der Waals surface area (Å²) in [5.41, 5.74) is 1.70. The van der Waals surface area contributed by atoms with Crippen LogP contribution in [0, 0.1) is 6.92 Å². The molecule has 2 aromatic carbocycles. The molecule has 0 saturated carbocycles. The normalized spacial score (nSPS) is 11.4. The molecular weight excluding hydrogens is 398 g/mol. The number of thioether (sulfide) groups is 1. The molecule has 28 heavy (non-hydrogen) atoms. The second kappa shape index (κ2) is 8.57. The average Bonchev–Trinajstić information content (AvgIpc) is 3.08. The summed E-state index contributed by atoms with van der Waals surface area (Å²) in [6.45, 7) is 1.90. The number of benzene rings is 2. The average molecular weight is 418 g/mol. The van der Waals surface area contributed by atoms with Crippen LogP contribution in [0.25, 0.3) is 5.69 Å². The van der Waals surface area contributed by atoms with Gasteiger partial charge in [0, 0.05) is 5.69 Å². The molecule has 0 amide bonds. The number of hydrogen-bond acceptors (Lipinski definition) is 7. The highest BCUT2D eigenvalue weighted by Gasteiger charge is 2.23. The fraction of sp³-hybridized carbons (Fsp3) is 0.211. The van der Waals surface area contributed by atoms with Crippen LogP contribution in [-0.2, 0) is 25.1 Å². The first-order chi connectivity index (χ1) is 13.4. The Hall–Kier alpha value is -2.65. The summed E-state index contributed by atoms with van der Waals surface area (Å²) in [6, 6.07) is 15.9. The first kappa shape index (κ1) is 20.1. The smallest absolute Gasteiger partial charge is 0.316 e. The minimum absolute atomic E-state index is 0.0478. The standard InChI is InChI=1S/C19H19N3O4S2/c1-14-8-10-16(11-9-14)28(24,25)13-17-20-21-19(27-12-18(23)26-2)22(17)15-6-4-3-5-7-15/h3-11H,12-13H2,1-2H3. The lowest BCUT2D eigenvalue weighted by molar-refractivity contribution is -0.137. The predicted octanol–water partition coefficient (Wildman–Crippen LogP) is 2.81. The van der Waals surface area contributed by atoms with Crippen LogP contribution < -0.4 is 0 Å². The van der Waals surface area contributed by atoms with Crippen molar-refractivity contribution in [2.75, 3.05) is 12.9 Å². The lowest BCUT2D eigenvalue weighted by Crippen LogP contribution is -2.11. The molecule has 0 aliphatic carbocycles. The third-order valence-corrected chi connectivity index (χ3v) is 6.49. The van der Waals surface area contributed by atoms with E-state index < -0.39 is 15.8 Å².